The number of pyridine rings is 2. The molecule has 5 nitrogen and oxygen atoms in total. The molecule has 6 heteroatoms. The zero-order chi connectivity index (χ0) is 20.1. The Morgan fingerprint density at radius 1 is 1.03 bits per heavy atom. The number of hydrogen-bond acceptors (Lipinski definition) is 5. The third kappa shape index (κ3) is 4.75. The van der Waals surface area contributed by atoms with Crippen molar-refractivity contribution in [2.75, 3.05) is 18.1 Å². The third-order valence-electron chi connectivity index (χ3n) is 5.64. The Morgan fingerprint density at radius 2 is 1.76 bits per heavy atom. The fourth-order valence-electron chi connectivity index (χ4n) is 4.17. The van der Waals surface area contributed by atoms with Gasteiger partial charge < -0.3 is 10.3 Å². The Hall–Kier alpha value is -2.47. The number of aromatic nitrogens is 2. The number of hydrazine groups is 1. The zero-order valence-corrected chi connectivity index (χ0v) is 17.1. The van der Waals surface area contributed by atoms with Gasteiger partial charge in [-0.3, -0.25) is 9.97 Å². The highest BCUT2D eigenvalue weighted by Crippen LogP contribution is 2.37. The van der Waals surface area contributed by atoms with Gasteiger partial charge >= 0.3 is 0 Å². The number of nitrogens with one attached hydrogen (secondary N) is 1. The van der Waals surface area contributed by atoms with Gasteiger partial charge in [0.25, 0.3) is 0 Å². The van der Waals surface area contributed by atoms with E-state index in [-0.39, 0.29) is 5.92 Å². The van der Waals surface area contributed by atoms with E-state index in [0.29, 0.717) is 17.5 Å². The molecule has 3 heterocycles. The van der Waals surface area contributed by atoms with Crippen molar-refractivity contribution in [3.05, 3.63) is 89.0 Å². The number of nitrogens with two attached hydrogens (primary N) is 1. The molecule has 1 aromatic carbocycles. The van der Waals surface area contributed by atoms with Crippen LogP contribution in [-0.2, 0) is 6.54 Å². The third-order valence-corrected chi connectivity index (χ3v) is 5.89. The summed E-state index contributed by atoms with van der Waals surface area (Å²) in [5.74, 6) is 7.17. The van der Waals surface area contributed by atoms with E-state index < -0.39 is 0 Å². The summed E-state index contributed by atoms with van der Waals surface area (Å²) in [5.41, 5.74) is 4.44. The second kappa shape index (κ2) is 9.35. The average Bonchev–Trinajstić information content (AvgIpc) is 2.77. The van der Waals surface area contributed by atoms with Gasteiger partial charge in [0.15, 0.2) is 0 Å². The van der Waals surface area contributed by atoms with Gasteiger partial charge in [0.1, 0.15) is 0 Å². The number of anilines is 1. The van der Waals surface area contributed by atoms with E-state index in [1.165, 1.54) is 5.56 Å². The lowest BCUT2D eigenvalue weighted by Crippen LogP contribution is -2.33. The van der Waals surface area contributed by atoms with Gasteiger partial charge in [-0.1, -0.05) is 17.7 Å². The summed E-state index contributed by atoms with van der Waals surface area (Å²) in [4.78, 5) is 9.06. The molecule has 1 unspecified atom stereocenters. The standard InChI is InChI=1S/C23H26ClN5/c24-20-3-5-21(6-4-20)29(25)16-19-2-1-11-28-23(19)22(17-7-12-26-13-8-17)18-9-14-27-15-10-18/h1-8,11-13,18,22,27H,9-10,14-16,25H2. The van der Waals surface area contributed by atoms with E-state index in [1.54, 1.807) is 5.01 Å². The van der Waals surface area contributed by atoms with Crippen LogP contribution in [0.15, 0.2) is 67.1 Å². The molecule has 0 radical (unpaired) electrons. The Bertz CT molecular complexity index is 910. The molecule has 1 atom stereocenters. The normalized spacial score (nSPS) is 15.8. The predicted octanol–water partition coefficient (Wildman–Crippen LogP) is 4.14. The van der Waals surface area contributed by atoms with E-state index in [1.807, 2.05) is 48.9 Å². The first kappa shape index (κ1) is 19.8. The summed E-state index contributed by atoms with van der Waals surface area (Å²) >= 11 is 6.02. The first-order chi connectivity index (χ1) is 14.2. The highest BCUT2D eigenvalue weighted by atomic mass is 35.5. The highest BCUT2D eigenvalue weighted by Gasteiger charge is 2.29. The molecule has 2 aromatic heterocycles. The Labute approximate surface area is 176 Å². The lowest BCUT2D eigenvalue weighted by atomic mass is 9.77. The van der Waals surface area contributed by atoms with Gasteiger partial charge in [-0.15, -0.1) is 0 Å². The van der Waals surface area contributed by atoms with Crippen LogP contribution in [0.5, 0.6) is 0 Å². The summed E-state index contributed by atoms with van der Waals surface area (Å²) < 4.78 is 0. The summed E-state index contributed by atoms with van der Waals surface area (Å²) in [6.07, 6.45) is 7.89. The van der Waals surface area contributed by atoms with Crippen LogP contribution < -0.4 is 16.2 Å². The first-order valence-electron chi connectivity index (χ1n) is 10.0. The van der Waals surface area contributed by atoms with E-state index in [9.17, 15) is 0 Å². The minimum absolute atomic E-state index is 0.231. The molecule has 29 heavy (non-hydrogen) atoms. The molecule has 1 aliphatic rings. The molecular weight excluding hydrogens is 382 g/mol. The Balaban J connectivity index is 1.67. The van der Waals surface area contributed by atoms with Crippen molar-refractivity contribution in [2.24, 2.45) is 11.8 Å². The van der Waals surface area contributed by atoms with Crippen LogP contribution >= 0.6 is 11.6 Å². The highest BCUT2D eigenvalue weighted by molar-refractivity contribution is 6.30. The maximum Gasteiger partial charge on any atom is 0.0610 e. The fourth-order valence-corrected chi connectivity index (χ4v) is 4.30. The fraction of sp³-hybridized carbons (Fsp3) is 0.304. The first-order valence-corrected chi connectivity index (χ1v) is 10.4. The molecule has 1 aliphatic heterocycles. The minimum atomic E-state index is 0.231. The Kier molecular flexibility index (Phi) is 6.39. The van der Waals surface area contributed by atoms with Gasteiger partial charge in [0.2, 0.25) is 0 Å². The van der Waals surface area contributed by atoms with E-state index in [4.69, 9.17) is 22.4 Å². The van der Waals surface area contributed by atoms with Crippen LogP contribution in [0.2, 0.25) is 5.02 Å². The summed E-state index contributed by atoms with van der Waals surface area (Å²) in [5, 5.41) is 5.93. The van der Waals surface area contributed by atoms with Crippen LogP contribution in [0.25, 0.3) is 0 Å². The van der Waals surface area contributed by atoms with Crippen molar-refractivity contribution in [2.45, 2.75) is 25.3 Å². The topological polar surface area (TPSA) is 67.1 Å². The number of benzene rings is 1. The molecule has 3 N–H and O–H groups in total. The van der Waals surface area contributed by atoms with Crippen LogP contribution in [0.1, 0.15) is 35.6 Å². The molecule has 0 spiro atoms. The van der Waals surface area contributed by atoms with Crippen LogP contribution in [0, 0.1) is 5.92 Å². The van der Waals surface area contributed by atoms with Gasteiger partial charge in [-0.25, -0.2) is 5.84 Å². The lowest BCUT2D eigenvalue weighted by Gasteiger charge is -2.32. The molecule has 3 aromatic rings. The van der Waals surface area contributed by atoms with Crippen molar-refractivity contribution < 1.29 is 0 Å². The van der Waals surface area contributed by atoms with Gasteiger partial charge in [0.05, 0.1) is 17.9 Å². The molecule has 150 valence electrons. The second-order valence-corrected chi connectivity index (χ2v) is 7.93. The molecule has 0 aliphatic carbocycles. The minimum Gasteiger partial charge on any atom is -0.317 e. The number of halogens is 1. The van der Waals surface area contributed by atoms with Crippen LogP contribution in [0.3, 0.4) is 0 Å². The van der Waals surface area contributed by atoms with Crippen molar-refractivity contribution in [3.8, 4) is 0 Å². The molecule has 0 saturated carbocycles. The van der Waals surface area contributed by atoms with Crippen molar-refractivity contribution in [1.29, 1.82) is 0 Å². The molecular formula is C23H26ClN5. The van der Waals surface area contributed by atoms with Gasteiger partial charge in [-0.05, 0) is 85.4 Å². The van der Waals surface area contributed by atoms with Crippen LogP contribution in [0.4, 0.5) is 5.69 Å². The summed E-state index contributed by atoms with van der Waals surface area (Å²) in [6, 6.07) is 15.9. The molecule has 1 fully saturated rings. The average molecular weight is 408 g/mol. The van der Waals surface area contributed by atoms with Gasteiger partial charge in [0, 0.05) is 29.5 Å². The maximum absolute atomic E-state index is 6.41. The zero-order valence-electron chi connectivity index (χ0n) is 16.3. The van der Waals surface area contributed by atoms with Crippen molar-refractivity contribution in [3.63, 3.8) is 0 Å². The number of nitrogens with zero attached hydrogens (tertiary/aromatic N) is 3. The molecule has 0 amide bonds. The number of rotatable bonds is 6. The largest absolute Gasteiger partial charge is 0.317 e. The SMILES string of the molecule is NN(Cc1cccnc1C(c1ccncc1)C1CCNCC1)c1ccc(Cl)cc1. The quantitative estimate of drug-likeness (QED) is 0.474. The number of hydrogen-bond donors (Lipinski definition) is 2. The second-order valence-electron chi connectivity index (χ2n) is 7.50. The molecule has 4 rings (SSSR count). The van der Waals surface area contributed by atoms with E-state index in [0.717, 1.165) is 42.9 Å². The lowest BCUT2D eigenvalue weighted by molar-refractivity contribution is 0.338. The van der Waals surface area contributed by atoms with Crippen LogP contribution in [-0.4, -0.2) is 23.1 Å². The summed E-state index contributed by atoms with van der Waals surface area (Å²) in [6.45, 7) is 2.67. The van der Waals surface area contributed by atoms with E-state index in [2.05, 4.69) is 28.5 Å². The maximum atomic E-state index is 6.41. The predicted molar refractivity (Wildman–Crippen MR) is 118 cm³/mol. The smallest absolute Gasteiger partial charge is 0.0610 e. The summed E-state index contributed by atoms with van der Waals surface area (Å²) in [7, 11) is 0. The number of piperidine rings is 1. The Morgan fingerprint density at radius 3 is 2.48 bits per heavy atom. The molecule has 0 bridgehead atoms. The monoisotopic (exact) mass is 407 g/mol. The van der Waals surface area contributed by atoms with Gasteiger partial charge in [-0.2, -0.15) is 0 Å². The van der Waals surface area contributed by atoms with Crippen molar-refractivity contribution in [1.82, 2.24) is 15.3 Å². The van der Waals surface area contributed by atoms with E-state index >= 15 is 0 Å². The molecule has 1 saturated heterocycles. The van der Waals surface area contributed by atoms with Crippen molar-refractivity contribution >= 4 is 17.3 Å².